The second-order valence-corrected chi connectivity index (χ2v) is 10.3. The molecular formula is C33H23N7. The number of allylic oxidation sites excluding steroid dienone is 2. The fraction of sp³-hybridized carbons (Fsp3) is 0.0606. The molecule has 0 N–H and O–H groups in total. The van der Waals surface area contributed by atoms with Gasteiger partial charge >= 0.3 is 0 Å². The van der Waals surface area contributed by atoms with Crippen LogP contribution in [0.3, 0.4) is 0 Å². The van der Waals surface area contributed by atoms with Crippen molar-refractivity contribution in [3.63, 3.8) is 0 Å². The molecule has 4 aliphatic heterocycles. The minimum atomic E-state index is 0.0477. The third-order valence-electron chi connectivity index (χ3n) is 7.92. The van der Waals surface area contributed by atoms with Crippen LogP contribution >= 0.6 is 0 Å². The molecule has 10 rings (SSSR count). The molecule has 40 heavy (non-hydrogen) atoms. The highest BCUT2D eigenvalue weighted by atomic mass is 15.3. The maximum Gasteiger partial charge on any atom is 0.142 e. The van der Waals surface area contributed by atoms with Crippen LogP contribution in [0.15, 0.2) is 127 Å². The number of aromatic nitrogens is 3. The summed E-state index contributed by atoms with van der Waals surface area (Å²) in [4.78, 5) is 24.7. The van der Waals surface area contributed by atoms with Gasteiger partial charge < -0.3 is 4.90 Å². The molecule has 16 bridgehead atoms. The van der Waals surface area contributed by atoms with Crippen molar-refractivity contribution in [1.29, 1.82) is 0 Å². The lowest BCUT2D eigenvalue weighted by Gasteiger charge is -2.39. The molecule has 0 amide bonds. The van der Waals surface area contributed by atoms with E-state index < -0.39 is 0 Å². The first kappa shape index (κ1) is 21.5. The summed E-state index contributed by atoms with van der Waals surface area (Å²) < 4.78 is 0. The van der Waals surface area contributed by atoms with Crippen molar-refractivity contribution in [1.82, 2.24) is 15.0 Å². The van der Waals surface area contributed by atoms with Crippen molar-refractivity contribution < 1.29 is 0 Å². The van der Waals surface area contributed by atoms with Crippen LogP contribution in [0.1, 0.15) is 6.42 Å². The van der Waals surface area contributed by atoms with E-state index in [9.17, 15) is 0 Å². The fourth-order valence-corrected chi connectivity index (χ4v) is 6.24. The first-order chi connectivity index (χ1) is 19.8. The van der Waals surface area contributed by atoms with Gasteiger partial charge in [0.05, 0.1) is 6.04 Å². The number of hydrogen-bond donors (Lipinski definition) is 0. The number of benzene rings is 2. The second kappa shape index (κ2) is 8.04. The topological polar surface area (TPSA) is 51.6 Å². The van der Waals surface area contributed by atoms with Crippen molar-refractivity contribution in [2.75, 3.05) is 19.6 Å². The van der Waals surface area contributed by atoms with Gasteiger partial charge in [0.1, 0.15) is 34.9 Å². The summed E-state index contributed by atoms with van der Waals surface area (Å²) in [6, 6.07) is 35.9. The Bertz CT molecular complexity index is 1780. The summed E-state index contributed by atoms with van der Waals surface area (Å²) in [5.41, 5.74) is 5.34. The zero-order chi connectivity index (χ0) is 26.2. The van der Waals surface area contributed by atoms with Crippen LogP contribution in [-0.2, 0) is 0 Å². The van der Waals surface area contributed by atoms with Gasteiger partial charge in [0, 0.05) is 34.9 Å². The van der Waals surface area contributed by atoms with E-state index in [2.05, 4.69) is 123 Å². The standard InChI is InChI=1S/C33H23N7/c1-7-22-19-23(8-1)38-25-10-3-12-27(21-25)39-26-11-2-9-24(20-26)37(22)28-13-4-16-31(34-28)40(32-17-5-14-29(38)35-32)33-18-6-15-30(39)36-33/h1-20,25H,21H2. The summed E-state index contributed by atoms with van der Waals surface area (Å²) in [6.07, 6.45) is 7.43. The quantitative estimate of drug-likeness (QED) is 0.207. The molecule has 1 unspecified atom stereocenters. The van der Waals surface area contributed by atoms with Crippen molar-refractivity contribution in [2.45, 2.75) is 12.5 Å². The Kier molecular flexibility index (Phi) is 4.32. The van der Waals surface area contributed by atoms with E-state index in [1.807, 2.05) is 18.2 Å². The van der Waals surface area contributed by atoms with E-state index in [0.29, 0.717) is 0 Å². The normalized spacial score (nSPS) is 17.5. The number of anilines is 10. The molecule has 3 aromatic heterocycles. The van der Waals surface area contributed by atoms with E-state index >= 15 is 0 Å². The van der Waals surface area contributed by atoms with Gasteiger partial charge in [-0.05, 0) is 78.9 Å². The van der Waals surface area contributed by atoms with Gasteiger partial charge in [-0.3, -0.25) is 14.7 Å². The van der Waals surface area contributed by atoms with Crippen molar-refractivity contribution >= 4 is 57.7 Å². The maximum atomic E-state index is 5.26. The van der Waals surface area contributed by atoms with Crippen LogP contribution in [0.2, 0.25) is 0 Å². The molecule has 7 heterocycles. The SMILES string of the molecule is C1=CC2CC(=C1)N1c3cccc(c3)N3c4cccc(c4)N2c2cccc(n2)N(c2cccc1n2)c1cccc3n1. The van der Waals surface area contributed by atoms with E-state index in [-0.39, 0.29) is 6.04 Å². The van der Waals surface area contributed by atoms with Crippen LogP contribution in [-0.4, -0.2) is 21.0 Å². The van der Waals surface area contributed by atoms with E-state index in [0.717, 1.165) is 64.1 Å². The predicted molar refractivity (Wildman–Crippen MR) is 159 cm³/mol. The van der Waals surface area contributed by atoms with Crippen molar-refractivity contribution in [2.24, 2.45) is 0 Å². The third kappa shape index (κ3) is 3.09. The van der Waals surface area contributed by atoms with Crippen molar-refractivity contribution in [3.05, 3.63) is 127 Å². The van der Waals surface area contributed by atoms with Gasteiger partial charge in [0.15, 0.2) is 0 Å². The smallest absolute Gasteiger partial charge is 0.142 e. The lowest BCUT2D eigenvalue weighted by Crippen LogP contribution is -2.35. The molecule has 7 nitrogen and oxygen atoms in total. The van der Waals surface area contributed by atoms with Crippen LogP contribution in [0, 0.1) is 0 Å². The van der Waals surface area contributed by atoms with Gasteiger partial charge in [0.2, 0.25) is 0 Å². The summed E-state index contributed by atoms with van der Waals surface area (Å²) in [5, 5.41) is 0. The first-order valence-electron chi connectivity index (χ1n) is 13.5. The highest BCUT2D eigenvalue weighted by Crippen LogP contribution is 2.46. The van der Waals surface area contributed by atoms with E-state index in [4.69, 9.17) is 15.0 Å². The Hall–Kier alpha value is -5.43. The average molecular weight is 518 g/mol. The average Bonchev–Trinajstić information content (AvgIpc) is 2.98. The summed E-state index contributed by atoms with van der Waals surface area (Å²) in [7, 11) is 0. The van der Waals surface area contributed by atoms with Crippen molar-refractivity contribution in [3.8, 4) is 0 Å². The van der Waals surface area contributed by atoms with Gasteiger partial charge in [-0.25, -0.2) is 15.0 Å². The molecule has 7 heteroatoms. The van der Waals surface area contributed by atoms with Crippen LogP contribution < -0.4 is 19.6 Å². The molecule has 0 fully saturated rings. The molecule has 0 saturated carbocycles. The highest BCUT2D eigenvalue weighted by Gasteiger charge is 2.31. The number of nitrogens with zero attached hydrogens (tertiary/aromatic N) is 7. The zero-order valence-corrected chi connectivity index (χ0v) is 21.5. The van der Waals surface area contributed by atoms with Crippen LogP contribution in [0.4, 0.5) is 57.7 Å². The molecule has 1 aliphatic carbocycles. The Morgan fingerprint density at radius 1 is 0.500 bits per heavy atom. The molecule has 5 aromatic rings. The molecule has 0 saturated heterocycles. The molecule has 190 valence electrons. The van der Waals surface area contributed by atoms with Gasteiger partial charge in [-0.1, -0.05) is 42.5 Å². The van der Waals surface area contributed by atoms with Crippen LogP contribution in [0.25, 0.3) is 0 Å². The summed E-state index contributed by atoms with van der Waals surface area (Å²) in [6.45, 7) is 0. The lowest BCUT2D eigenvalue weighted by molar-refractivity contribution is 0.734. The Morgan fingerprint density at radius 2 is 0.975 bits per heavy atom. The van der Waals surface area contributed by atoms with Gasteiger partial charge in [-0.15, -0.1) is 0 Å². The third-order valence-corrected chi connectivity index (χ3v) is 7.92. The molecule has 5 aliphatic rings. The molecule has 0 radical (unpaired) electrons. The maximum absolute atomic E-state index is 5.26. The van der Waals surface area contributed by atoms with E-state index in [1.165, 1.54) is 5.70 Å². The molecule has 1 atom stereocenters. The molecular weight excluding hydrogens is 494 g/mol. The summed E-state index contributed by atoms with van der Waals surface area (Å²) >= 11 is 0. The Morgan fingerprint density at radius 3 is 1.65 bits per heavy atom. The van der Waals surface area contributed by atoms with Crippen LogP contribution in [0.5, 0.6) is 0 Å². The van der Waals surface area contributed by atoms with Gasteiger partial charge in [0.25, 0.3) is 0 Å². The molecule has 2 aromatic carbocycles. The Labute approximate surface area is 231 Å². The van der Waals surface area contributed by atoms with Gasteiger partial charge in [-0.2, -0.15) is 0 Å². The minimum absolute atomic E-state index is 0.0477. The monoisotopic (exact) mass is 517 g/mol. The fourth-order valence-electron chi connectivity index (χ4n) is 6.24. The lowest BCUT2D eigenvalue weighted by atomic mass is 10.00. The first-order valence-corrected chi connectivity index (χ1v) is 13.5. The molecule has 0 spiro atoms. The highest BCUT2D eigenvalue weighted by molar-refractivity contribution is 5.84. The number of rotatable bonds is 0. The van der Waals surface area contributed by atoms with E-state index in [1.54, 1.807) is 0 Å². The second-order valence-electron chi connectivity index (χ2n) is 10.3. The number of pyridine rings is 3. The summed E-state index contributed by atoms with van der Waals surface area (Å²) in [5.74, 6) is 4.81. The number of hydrogen-bond acceptors (Lipinski definition) is 7. The minimum Gasteiger partial charge on any atom is -0.319 e. The Balaban J connectivity index is 1.51. The zero-order valence-electron chi connectivity index (χ0n) is 21.5. The predicted octanol–water partition coefficient (Wildman–Crippen LogP) is 7.94. The largest absolute Gasteiger partial charge is 0.319 e.